The molecule has 2 aromatic rings. The summed E-state index contributed by atoms with van der Waals surface area (Å²) in [7, 11) is -0.279. The average molecular weight is 289 g/mol. The van der Waals surface area contributed by atoms with Crippen LogP contribution in [-0.2, 0) is 15.9 Å². The van der Waals surface area contributed by atoms with Gasteiger partial charge in [0.25, 0.3) is 0 Å². The molecule has 0 saturated carbocycles. The van der Waals surface area contributed by atoms with Crippen LogP contribution in [0.5, 0.6) is 0 Å². The summed E-state index contributed by atoms with van der Waals surface area (Å²) >= 11 is 1.72. The highest BCUT2D eigenvalue weighted by molar-refractivity contribution is 7.28. The lowest BCUT2D eigenvalue weighted by Gasteiger charge is -2.32. The number of hydrogen-bond acceptors (Lipinski definition) is 4. The van der Waals surface area contributed by atoms with Crippen molar-refractivity contribution in [2.45, 2.75) is 45.4 Å². The molecular formula is C15H20BNO2S. The fourth-order valence-electron chi connectivity index (χ4n) is 2.32. The molecule has 20 heavy (non-hydrogen) atoms. The van der Waals surface area contributed by atoms with Gasteiger partial charge in [0.05, 0.1) is 11.2 Å². The standard InChI is InChI=1S/C15H20BNO2S/c1-14(2)15(3,4)19-16(18-14)13-8-11-7-10(9-17)5-6-12(11)20-13/h5-8H,9,17H2,1-4H3. The number of hydrogen-bond donors (Lipinski definition) is 1. The van der Waals surface area contributed by atoms with Crippen LogP contribution in [0.1, 0.15) is 33.3 Å². The third kappa shape index (κ3) is 2.19. The fraction of sp³-hybridized carbons (Fsp3) is 0.467. The van der Waals surface area contributed by atoms with Gasteiger partial charge < -0.3 is 15.0 Å². The molecule has 1 aromatic carbocycles. The Labute approximate surface area is 124 Å². The first-order valence-corrected chi connectivity index (χ1v) is 7.72. The Bertz CT molecular complexity index is 634. The first-order chi connectivity index (χ1) is 9.32. The largest absolute Gasteiger partial charge is 0.505 e. The minimum Gasteiger partial charge on any atom is -0.399 e. The van der Waals surface area contributed by atoms with Crippen molar-refractivity contribution in [2.24, 2.45) is 5.73 Å². The van der Waals surface area contributed by atoms with E-state index in [1.807, 2.05) is 0 Å². The number of fused-ring (bicyclic) bond motifs is 1. The van der Waals surface area contributed by atoms with Crippen LogP contribution in [-0.4, -0.2) is 18.3 Å². The van der Waals surface area contributed by atoms with Crippen molar-refractivity contribution >= 4 is 33.3 Å². The number of nitrogens with two attached hydrogens (primary N) is 1. The summed E-state index contributed by atoms with van der Waals surface area (Å²) in [4.78, 5) is 0. The van der Waals surface area contributed by atoms with Gasteiger partial charge >= 0.3 is 7.12 Å². The van der Waals surface area contributed by atoms with Crippen LogP contribution in [0.25, 0.3) is 10.1 Å². The minimum atomic E-state index is -0.295. The molecule has 1 fully saturated rings. The topological polar surface area (TPSA) is 44.5 Å². The average Bonchev–Trinajstić information content (AvgIpc) is 2.87. The van der Waals surface area contributed by atoms with Gasteiger partial charge in [0, 0.05) is 16.0 Å². The second-order valence-electron chi connectivity index (χ2n) is 6.31. The molecule has 0 amide bonds. The maximum Gasteiger partial charge on any atom is 0.505 e. The Morgan fingerprint density at radius 2 is 1.75 bits per heavy atom. The van der Waals surface area contributed by atoms with Gasteiger partial charge in [0.15, 0.2) is 0 Å². The molecule has 1 aromatic heterocycles. The first kappa shape index (κ1) is 14.1. The smallest absolute Gasteiger partial charge is 0.399 e. The second-order valence-corrected chi connectivity index (χ2v) is 7.43. The highest BCUT2D eigenvalue weighted by Crippen LogP contribution is 2.37. The van der Waals surface area contributed by atoms with Crippen molar-refractivity contribution in [3.8, 4) is 0 Å². The summed E-state index contributed by atoms with van der Waals surface area (Å²) in [5.74, 6) is 0. The van der Waals surface area contributed by atoms with E-state index in [2.05, 4.69) is 52.0 Å². The molecule has 2 heterocycles. The van der Waals surface area contributed by atoms with Gasteiger partial charge in [-0.15, -0.1) is 11.3 Å². The van der Waals surface area contributed by atoms with Crippen LogP contribution in [0.2, 0.25) is 0 Å². The first-order valence-electron chi connectivity index (χ1n) is 6.90. The van der Waals surface area contributed by atoms with Gasteiger partial charge in [-0.1, -0.05) is 6.07 Å². The Hall–Kier alpha value is -0.875. The van der Waals surface area contributed by atoms with E-state index in [9.17, 15) is 0 Å². The summed E-state index contributed by atoms with van der Waals surface area (Å²) in [6, 6.07) is 8.49. The van der Waals surface area contributed by atoms with Crippen LogP contribution in [0, 0.1) is 0 Å². The van der Waals surface area contributed by atoms with Gasteiger partial charge in [-0.05, 0) is 56.8 Å². The zero-order valence-electron chi connectivity index (χ0n) is 12.4. The molecule has 106 valence electrons. The monoisotopic (exact) mass is 289 g/mol. The molecule has 0 aliphatic carbocycles. The molecule has 3 rings (SSSR count). The van der Waals surface area contributed by atoms with Crippen LogP contribution < -0.4 is 10.5 Å². The Morgan fingerprint density at radius 1 is 1.10 bits per heavy atom. The van der Waals surface area contributed by atoms with Gasteiger partial charge in [-0.2, -0.15) is 0 Å². The molecule has 5 heteroatoms. The molecule has 0 spiro atoms. The Morgan fingerprint density at radius 3 is 2.35 bits per heavy atom. The summed E-state index contributed by atoms with van der Waals surface area (Å²) in [6.07, 6.45) is 0. The second kappa shape index (κ2) is 4.56. The maximum absolute atomic E-state index is 6.10. The normalized spacial score (nSPS) is 20.8. The molecule has 1 aliphatic heterocycles. The van der Waals surface area contributed by atoms with Crippen molar-refractivity contribution in [3.05, 3.63) is 29.8 Å². The van der Waals surface area contributed by atoms with Crippen molar-refractivity contribution in [1.82, 2.24) is 0 Å². The predicted octanol–water partition coefficient (Wildman–Crippen LogP) is 2.66. The number of rotatable bonds is 2. The molecule has 3 nitrogen and oxygen atoms in total. The predicted molar refractivity (Wildman–Crippen MR) is 85.4 cm³/mol. The molecule has 1 aliphatic rings. The van der Waals surface area contributed by atoms with E-state index in [1.54, 1.807) is 11.3 Å². The molecule has 1 saturated heterocycles. The van der Waals surface area contributed by atoms with Crippen LogP contribution in [0.15, 0.2) is 24.3 Å². The van der Waals surface area contributed by atoms with Crippen LogP contribution in [0.4, 0.5) is 0 Å². The maximum atomic E-state index is 6.10. The summed E-state index contributed by atoms with van der Waals surface area (Å²) in [6.45, 7) is 8.87. The van der Waals surface area contributed by atoms with E-state index in [1.165, 1.54) is 10.1 Å². The zero-order chi connectivity index (χ0) is 14.5. The van der Waals surface area contributed by atoms with Crippen molar-refractivity contribution in [1.29, 1.82) is 0 Å². The van der Waals surface area contributed by atoms with E-state index in [0.717, 1.165) is 10.3 Å². The lowest BCUT2D eigenvalue weighted by molar-refractivity contribution is 0.00578. The number of thiophene rings is 1. The van der Waals surface area contributed by atoms with E-state index in [-0.39, 0.29) is 18.3 Å². The van der Waals surface area contributed by atoms with E-state index in [4.69, 9.17) is 15.0 Å². The Kier molecular flexibility index (Phi) is 3.21. The molecule has 0 atom stereocenters. The molecule has 2 N–H and O–H groups in total. The Balaban J connectivity index is 1.96. The summed E-state index contributed by atoms with van der Waals surface area (Å²) in [5.41, 5.74) is 6.25. The molecule has 0 bridgehead atoms. The van der Waals surface area contributed by atoms with E-state index >= 15 is 0 Å². The summed E-state index contributed by atoms with van der Waals surface area (Å²) in [5, 5.41) is 1.21. The molecule has 0 radical (unpaired) electrons. The van der Waals surface area contributed by atoms with Gasteiger partial charge in [0.2, 0.25) is 0 Å². The molecule has 0 unspecified atom stereocenters. The van der Waals surface area contributed by atoms with Crippen LogP contribution in [0.3, 0.4) is 0 Å². The highest BCUT2D eigenvalue weighted by atomic mass is 32.1. The third-order valence-corrected chi connectivity index (χ3v) is 5.46. The highest BCUT2D eigenvalue weighted by Gasteiger charge is 2.52. The van der Waals surface area contributed by atoms with Crippen molar-refractivity contribution in [2.75, 3.05) is 0 Å². The summed E-state index contributed by atoms with van der Waals surface area (Å²) < 4.78 is 14.6. The third-order valence-electron chi connectivity index (χ3n) is 4.32. The minimum absolute atomic E-state index is 0.279. The molecular weight excluding hydrogens is 269 g/mol. The van der Waals surface area contributed by atoms with Crippen LogP contribution >= 0.6 is 11.3 Å². The van der Waals surface area contributed by atoms with Gasteiger partial charge in [-0.25, -0.2) is 0 Å². The quantitative estimate of drug-likeness (QED) is 0.864. The van der Waals surface area contributed by atoms with Crippen molar-refractivity contribution < 1.29 is 9.31 Å². The fourth-order valence-corrected chi connectivity index (χ4v) is 3.32. The SMILES string of the molecule is CC1(C)OB(c2cc3cc(CN)ccc3s2)OC1(C)C. The zero-order valence-corrected chi connectivity index (χ0v) is 13.2. The number of benzene rings is 1. The van der Waals surface area contributed by atoms with Crippen molar-refractivity contribution in [3.63, 3.8) is 0 Å². The van der Waals surface area contributed by atoms with E-state index < -0.39 is 0 Å². The van der Waals surface area contributed by atoms with Gasteiger partial charge in [0.1, 0.15) is 0 Å². The van der Waals surface area contributed by atoms with Gasteiger partial charge in [-0.3, -0.25) is 0 Å². The van der Waals surface area contributed by atoms with E-state index in [0.29, 0.717) is 6.54 Å². The lowest BCUT2D eigenvalue weighted by Crippen LogP contribution is -2.41. The lowest BCUT2D eigenvalue weighted by atomic mass is 9.87.